The molecule has 0 fully saturated rings. The fourth-order valence-electron chi connectivity index (χ4n) is 2.86. The number of benzodiazepines with no additional fused rings is 1. The molecule has 1 aliphatic rings. The minimum Gasteiger partial charge on any atom is -0.323 e. The summed E-state index contributed by atoms with van der Waals surface area (Å²) in [7, 11) is -3.83. The molecule has 146 valence electrons. The lowest BCUT2D eigenvalue weighted by molar-refractivity contribution is -0.127. The van der Waals surface area contributed by atoms with Crippen molar-refractivity contribution in [3.8, 4) is 0 Å². The molecule has 0 saturated carbocycles. The standard InChI is InChI=1S/C20H21N3O4S/c1-2-3-13-28(26,27)23-20(25)18-19(24)21-16-12-8-7-11-15(16)17(22-18)14-9-5-4-6-10-14/h4-12,18H,2-3,13H2,1H3,(H,21,24)(H,23,25). The average molecular weight is 399 g/mol. The minimum absolute atomic E-state index is 0.181. The van der Waals surface area contributed by atoms with Gasteiger partial charge in [-0.25, -0.2) is 8.42 Å². The summed E-state index contributed by atoms with van der Waals surface area (Å²) in [5.41, 5.74) is 2.34. The third-order valence-corrected chi connectivity index (χ3v) is 5.60. The predicted molar refractivity (Wildman–Crippen MR) is 108 cm³/mol. The van der Waals surface area contributed by atoms with Crippen LogP contribution in [0.25, 0.3) is 0 Å². The van der Waals surface area contributed by atoms with Crippen LogP contribution < -0.4 is 10.0 Å². The second-order valence-corrected chi connectivity index (χ2v) is 8.26. The number of hydrogen-bond acceptors (Lipinski definition) is 5. The maximum absolute atomic E-state index is 12.6. The Morgan fingerprint density at radius 3 is 2.50 bits per heavy atom. The van der Waals surface area contributed by atoms with E-state index in [1.54, 1.807) is 24.3 Å². The molecule has 1 unspecified atom stereocenters. The average Bonchev–Trinajstić information content (AvgIpc) is 2.83. The van der Waals surface area contributed by atoms with Crippen LogP contribution in [0.2, 0.25) is 0 Å². The molecule has 0 saturated heterocycles. The lowest BCUT2D eigenvalue weighted by Gasteiger charge is -2.12. The fraction of sp³-hybridized carbons (Fsp3) is 0.250. The predicted octanol–water partition coefficient (Wildman–Crippen LogP) is 2.09. The van der Waals surface area contributed by atoms with E-state index in [1.165, 1.54) is 0 Å². The maximum atomic E-state index is 12.6. The van der Waals surface area contributed by atoms with Gasteiger partial charge in [0.05, 0.1) is 17.2 Å². The molecule has 28 heavy (non-hydrogen) atoms. The highest BCUT2D eigenvalue weighted by molar-refractivity contribution is 7.90. The Morgan fingerprint density at radius 2 is 1.79 bits per heavy atom. The molecule has 8 heteroatoms. The minimum atomic E-state index is -3.83. The lowest BCUT2D eigenvalue weighted by Crippen LogP contribution is -2.44. The van der Waals surface area contributed by atoms with E-state index in [1.807, 2.05) is 42.0 Å². The number of carbonyl (C=O) groups is 2. The summed E-state index contributed by atoms with van der Waals surface area (Å²) in [5.74, 6) is -1.82. The van der Waals surface area contributed by atoms with Crippen molar-refractivity contribution in [2.75, 3.05) is 11.1 Å². The number of hydrogen-bond donors (Lipinski definition) is 2. The third kappa shape index (κ3) is 4.45. The summed E-state index contributed by atoms with van der Waals surface area (Å²) in [6.07, 6.45) is 1.09. The number of unbranched alkanes of at least 4 members (excludes halogenated alkanes) is 1. The molecule has 2 N–H and O–H groups in total. The van der Waals surface area contributed by atoms with Crippen LogP contribution in [0.15, 0.2) is 59.6 Å². The molecule has 0 spiro atoms. The van der Waals surface area contributed by atoms with Crippen molar-refractivity contribution < 1.29 is 18.0 Å². The molecule has 1 atom stereocenters. The van der Waals surface area contributed by atoms with Crippen LogP contribution in [0.1, 0.15) is 30.9 Å². The zero-order valence-corrected chi connectivity index (χ0v) is 16.2. The largest absolute Gasteiger partial charge is 0.323 e. The number of rotatable bonds is 6. The fourth-order valence-corrected chi connectivity index (χ4v) is 4.04. The van der Waals surface area contributed by atoms with Crippen LogP contribution in [-0.2, 0) is 19.6 Å². The summed E-state index contributed by atoms with van der Waals surface area (Å²) in [4.78, 5) is 29.6. The quantitative estimate of drug-likeness (QED) is 0.726. The van der Waals surface area contributed by atoms with E-state index >= 15 is 0 Å². The van der Waals surface area contributed by atoms with Crippen LogP contribution in [0.3, 0.4) is 0 Å². The first kappa shape index (κ1) is 19.8. The van der Waals surface area contributed by atoms with Gasteiger partial charge in [-0.15, -0.1) is 0 Å². The van der Waals surface area contributed by atoms with E-state index < -0.39 is 27.9 Å². The first-order chi connectivity index (χ1) is 13.4. The summed E-state index contributed by atoms with van der Waals surface area (Å²) in [6.45, 7) is 1.85. The normalized spacial score (nSPS) is 16.4. The van der Waals surface area contributed by atoms with Crippen molar-refractivity contribution in [3.05, 3.63) is 65.7 Å². The molecule has 1 heterocycles. The summed E-state index contributed by atoms with van der Waals surface area (Å²) in [5, 5.41) is 2.67. The molecule has 0 bridgehead atoms. The summed E-state index contributed by atoms with van der Waals surface area (Å²) >= 11 is 0. The molecule has 3 rings (SSSR count). The lowest BCUT2D eigenvalue weighted by atomic mass is 10.0. The van der Waals surface area contributed by atoms with Gasteiger partial charge in [0.1, 0.15) is 0 Å². The monoisotopic (exact) mass is 399 g/mol. The number of aliphatic imine (C=N–C) groups is 1. The number of sulfonamides is 1. The number of carbonyl (C=O) groups excluding carboxylic acids is 2. The van der Waals surface area contributed by atoms with Gasteiger partial charge in [0.25, 0.3) is 11.8 Å². The number of para-hydroxylation sites is 1. The first-order valence-corrected chi connectivity index (χ1v) is 10.6. The van der Waals surface area contributed by atoms with Gasteiger partial charge in [-0.05, 0) is 12.5 Å². The van der Waals surface area contributed by atoms with E-state index in [0.717, 1.165) is 5.56 Å². The zero-order chi connectivity index (χ0) is 20.1. The van der Waals surface area contributed by atoms with Gasteiger partial charge in [-0.2, -0.15) is 0 Å². The van der Waals surface area contributed by atoms with Crippen LogP contribution >= 0.6 is 0 Å². The van der Waals surface area contributed by atoms with Gasteiger partial charge in [0.2, 0.25) is 16.1 Å². The number of anilines is 1. The number of amides is 2. The van der Waals surface area contributed by atoms with Crippen molar-refractivity contribution in [1.82, 2.24) is 4.72 Å². The molecule has 7 nitrogen and oxygen atoms in total. The van der Waals surface area contributed by atoms with Crippen molar-refractivity contribution >= 4 is 33.2 Å². The Hall–Kier alpha value is -3.00. The number of benzene rings is 2. The molecule has 0 aromatic heterocycles. The van der Waals surface area contributed by atoms with Crippen LogP contribution in [0, 0.1) is 0 Å². The topological polar surface area (TPSA) is 105 Å². The number of fused-ring (bicyclic) bond motifs is 1. The molecule has 1 aliphatic heterocycles. The highest BCUT2D eigenvalue weighted by atomic mass is 32.2. The van der Waals surface area contributed by atoms with Crippen LogP contribution in [0.4, 0.5) is 5.69 Å². The Balaban J connectivity index is 2.00. The molecule has 2 amide bonds. The smallest absolute Gasteiger partial charge is 0.267 e. The van der Waals surface area contributed by atoms with E-state index in [-0.39, 0.29) is 5.75 Å². The maximum Gasteiger partial charge on any atom is 0.267 e. The Bertz CT molecular complexity index is 1020. The van der Waals surface area contributed by atoms with Gasteiger partial charge in [-0.1, -0.05) is 61.9 Å². The molecular formula is C20H21N3O4S. The van der Waals surface area contributed by atoms with E-state index in [2.05, 4.69) is 10.3 Å². The summed E-state index contributed by atoms with van der Waals surface area (Å²) < 4.78 is 26.2. The highest BCUT2D eigenvalue weighted by Gasteiger charge is 2.33. The van der Waals surface area contributed by atoms with Crippen molar-refractivity contribution in [2.45, 2.75) is 25.8 Å². The van der Waals surface area contributed by atoms with Crippen molar-refractivity contribution in [3.63, 3.8) is 0 Å². The molecular weight excluding hydrogens is 378 g/mol. The SMILES string of the molecule is CCCCS(=O)(=O)NC(=O)C1N=C(c2ccccc2)c2ccccc2NC1=O. The molecule has 2 aromatic rings. The zero-order valence-electron chi connectivity index (χ0n) is 15.4. The van der Waals surface area contributed by atoms with Gasteiger partial charge >= 0.3 is 0 Å². The summed E-state index contributed by atoms with van der Waals surface area (Å²) in [6, 6.07) is 14.7. The van der Waals surface area contributed by atoms with Gasteiger partial charge in [-0.3, -0.25) is 19.3 Å². The third-order valence-electron chi connectivity index (χ3n) is 4.26. The molecule has 0 aliphatic carbocycles. The number of nitrogens with zero attached hydrogens (tertiary/aromatic N) is 1. The number of nitrogens with one attached hydrogen (secondary N) is 2. The Morgan fingerprint density at radius 1 is 1.11 bits per heavy atom. The van der Waals surface area contributed by atoms with Gasteiger partial charge in [0.15, 0.2) is 0 Å². The van der Waals surface area contributed by atoms with Crippen LogP contribution in [0.5, 0.6) is 0 Å². The second-order valence-electron chi connectivity index (χ2n) is 6.42. The molecule has 2 aromatic carbocycles. The Labute approximate surface area is 163 Å². The van der Waals surface area contributed by atoms with Gasteiger partial charge in [0, 0.05) is 11.1 Å². The van der Waals surface area contributed by atoms with Crippen molar-refractivity contribution in [1.29, 1.82) is 0 Å². The van der Waals surface area contributed by atoms with Gasteiger partial charge < -0.3 is 5.32 Å². The van der Waals surface area contributed by atoms with Crippen LogP contribution in [-0.4, -0.2) is 37.7 Å². The van der Waals surface area contributed by atoms with E-state index in [4.69, 9.17) is 0 Å². The van der Waals surface area contributed by atoms with E-state index in [9.17, 15) is 18.0 Å². The first-order valence-electron chi connectivity index (χ1n) is 8.99. The van der Waals surface area contributed by atoms with E-state index in [0.29, 0.717) is 29.8 Å². The second kappa shape index (κ2) is 8.35. The molecule has 0 radical (unpaired) electrons. The Kier molecular flexibility index (Phi) is 5.89. The highest BCUT2D eigenvalue weighted by Crippen LogP contribution is 2.24. The van der Waals surface area contributed by atoms with Crippen molar-refractivity contribution in [2.24, 2.45) is 4.99 Å².